The number of carbonyl (C=O) groups excluding carboxylic acids is 1. The minimum Gasteiger partial charge on any atom is -0.490 e. The Bertz CT molecular complexity index is 984. The fourth-order valence-electron chi connectivity index (χ4n) is 2.50. The number of hydrogen-bond donors (Lipinski definition) is 2. The molecule has 0 bridgehead atoms. The highest BCUT2D eigenvalue weighted by molar-refractivity contribution is 7.89. The van der Waals surface area contributed by atoms with Gasteiger partial charge < -0.3 is 14.8 Å². The van der Waals surface area contributed by atoms with Gasteiger partial charge in [0.15, 0.2) is 11.5 Å². The van der Waals surface area contributed by atoms with E-state index in [4.69, 9.17) is 21.1 Å². The van der Waals surface area contributed by atoms with E-state index < -0.39 is 21.7 Å². The lowest BCUT2D eigenvalue weighted by Gasteiger charge is -2.11. The van der Waals surface area contributed by atoms with Crippen LogP contribution in [0.4, 0.5) is 10.1 Å². The van der Waals surface area contributed by atoms with E-state index in [1.807, 2.05) is 0 Å². The summed E-state index contributed by atoms with van der Waals surface area (Å²) in [7, 11) is -3.85. The van der Waals surface area contributed by atoms with Crippen LogP contribution in [-0.2, 0) is 14.8 Å². The lowest BCUT2D eigenvalue weighted by Crippen LogP contribution is -2.28. The monoisotopic (exact) mass is 428 g/mol. The van der Waals surface area contributed by atoms with Gasteiger partial charge in [-0.2, -0.15) is 0 Å². The first-order chi connectivity index (χ1) is 13.3. The van der Waals surface area contributed by atoms with E-state index in [1.54, 1.807) is 0 Å². The van der Waals surface area contributed by atoms with Crippen LogP contribution in [0.25, 0.3) is 0 Å². The summed E-state index contributed by atoms with van der Waals surface area (Å²) in [6.45, 7) is 0.782. The third-order valence-electron chi connectivity index (χ3n) is 3.88. The molecule has 28 heavy (non-hydrogen) atoms. The zero-order valence-corrected chi connectivity index (χ0v) is 16.3. The summed E-state index contributed by atoms with van der Waals surface area (Å²) < 4.78 is 51.8. The van der Waals surface area contributed by atoms with Crippen molar-refractivity contribution in [1.82, 2.24) is 4.72 Å². The summed E-state index contributed by atoms with van der Waals surface area (Å²) in [6, 6.07) is 8.16. The topological polar surface area (TPSA) is 93.7 Å². The molecule has 150 valence electrons. The van der Waals surface area contributed by atoms with Gasteiger partial charge in [-0.1, -0.05) is 11.6 Å². The van der Waals surface area contributed by atoms with Crippen molar-refractivity contribution in [3.8, 4) is 11.5 Å². The Morgan fingerprint density at radius 1 is 1.11 bits per heavy atom. The first-order valence-corrected chi connectivity index (χ1v) is 10.4. The average molecular weight is 429 g/mol. The molecule has 0 aromatic heterocycles. The summed E-state index contributed by atoms with van der Waals surface area (Å²) in [6.07, 6.45) is 0.532. The fraction of sp³-hybridized carbons (Fsp3) is 0.278. The molecule has 3 rings (SSSR count). The largest absolute Gasteiger partial charge is 0.490 e. The lowest BCUT2D eigenvalue weighted by atomic mass is 10.3. The third-order valence-corrected chi connectivity index (χ3v) is 5.57. The highest BCUT2D eigenvalue weighted by atomic mass is 35.5. The molecule has 2 aromatic carbocycles. The smallest absolute Gasteiger partial charge is 0.240 e. The maximum absolute atomic E-state index is 13.7. The maximum Gasteiger partial charge on any atom is 0.240 e. The first kappa shape index (κ1) is 20.4. The molecule has 1 aliphatic rings. The number of nitrogens with one attached hydrogen (secondary N) is 2. The van der Waals surface area contributed by atoms with Crippen LogP contribution < -0.4 is 19.5 Å². The second-order valence-electron chi connectivity index (χ2n) is 5.98. The zero-order valence-electron chi connectivity index (χ0n) is 14.7. The number of ether oxygens (including phenoxy) is 2. The van der Waals surface area contributed by atoms with Crippen molar-refractivity contribution in [2.75, 3.05) is 25.1 Å². The van der Waals surface area contributed by atoms with Gasteiger partial charge in [0, 0.05) is 30.5 Å². The minimum atomic E-state index is -3.85. The Morgan fingerprint density at radius 3 is 2.61 bits per heavy atom. The molecule has 0 saturated heterocycles. The second-order valence-corrected chi connectivity index (χ2v) is 8.18. The van der Waals surface area contributed by atoms with Crippen molar-refractivity contribution < 1.29 is 27.1 Å². The molecule has 0 spiro atoms. The molecule has 10 heteroatoms. The Morgan fingerprint density at radius 2 is 1.86 bits per heavy atom. The van der Waals surface area contributed by atoms with Gasteiger partial charge in [0.05, 0.1) is 23.8 Å². The number of benzene rings is 2. The highest BCUT2D eigenvalue weighted by Crippen LogP contribution is 2.31. The number of carbonyl (C=O) groups is 1. The predicted octanol–water partition coefficient (Wildman–Crippen LogP) is 2.95. The molecule has 2 aromatic rings. The van der Waals surface area contributed by atoms with E-state index in [9.17, 15) is 17.6 Å². The average Bonchev–Trinajstić information content (AvgIpc) is 2.88. The van der Waals surface area contributed by atoms with Gasteiger partial charge in [0.1, 0.15) is 5.82 Å². The highest BCUT2D eigenvalue weighted by Gasteiger charge is 2.19. The van der Waals surface area contributed by atoms with Crippen LogP contribution in [0.15, 0.2) is 41.3 Å². The Hall–Kier alpha value is -2.36. The molecule has 0 radical (unpaired) electrons. The fourth-order valence-corrected chi connectivity index (χ4v) is 3.70. The summed E-state index contributed by atoms with van der Waals surface area (Å²) in [5, 5.41) is 2.57. The third kappa shape index (κ3) is 5.12. The Balaban J connectivity index is 1.57. The van der Waals surface area contributed by atoms with E-state index in [-0.39, 0.29) is 28.6 Å². The van der Waals surface area contributed by atoms with E-state index in [0.29, 0.717) is 31.1 Å². The molecular formula is C18H18ClFN2O5S. The van der Waals surface area contributed by atoms with Crippen LogP contribution in [0, 0.1) is 5.82 Å². The molecule has 1 heterocycles. The molecule has 1 amide bonds. The van der Waals surface area contributed by atoms with Crippen LogP contribution in [0.3, 0.4) is 0 Å². The van der Waals surface area contributed by atoms with Crippen LogP contribution in [0.2, 0.25) is 5.02 Å². The van der Waals surface area contributed by atoms with Crippen molar-refractivity contribution in [2.45, 2.75) is 17.7 Å². The molecule has 0 atom stereocenters. The Labute approximate surface area is 166 Å². The maximum atomic E-state index is 13.7. The first-order valence-electron chi connectivity index (χ1n) is 8.49. The van der Waals surface area contributed by atoms with Gasteiger partial charge in [-0.25, -0.2) is 17.5 Å². The number of sulfonamides is 1. The number of halogens is 2. The summed E-state index contributed by atoms with van der Waals surface area (Å²) in [4.78, 5) is 11.9. The predicted molar refractivity (Wildman–Crippen MR) is 102 cm³/mol. The molecule has 0 aliphatic carbocycles. The van der Waals surface area contributed by atoms with Crippen LogP contribution >= 0.6 is 11.6 Å². The summed E-state index contributed by atoms with van der Waals surface area (Å²) >= 11 is 5.65. The van der Waals surface area contributed by atoms with E-state index in [2.05, 4.69) is 10.0 Å². The van der Waals surface area contributed by atoms with Crippen LogP contribution in [-0.4, -0.2) is 34.1 Å². The summed E-state index contributed by atoms with van der Waals surface area (Å²) in [5.41, 5.74) is -0.0276. The zero-order chi connectivity index (χ0) is 20.1. The second kappa shape index (κ2) is 8.76. The quantitative estimate of drug-likeness (QED) is 0.737. The van der Waals surface area contributed by atoms with Crippen LogP contribution in [0.5, 0.6) is 11.5 Å². The van der Waals surface area contributed by atoms with Gasteiger partial charge in [-0.05, 0) is 30.3 Å². The van der Waals surface area contributed by atoms with Gasteiger partial charge in [0.25, 0.3) is 0 Å². The van der Waals surface area contributed by atoms with E-state index in [1.165, 1.54) is 30.3 Å². The molecule has 1 aliphatic heterocycles. The van der Waals surface area contributed by atoms with Gasteiger partial charge in [0.2, 0.25) is 15.9 Å². The number of rotatable bonds is 6. The minimum absolute atomic E-state index is 0.000837. The number of fused-ring (bicyclic) bond motifs is 1. The van der Waals surface area contributed by atoms with Crippen molar-refractivity contribution in [2.24, 2.45) is 0 Å². The van der Waals surface area contributed by atoms with Gasteiger partial charge in [-0.3, -0.25) is 4.79 Å². The van der Waals surface area contributed by atoms with Crippen molar-refractivity contribution >= 4 is 33.2 Å². The van der Waals surface area contributed by atoms with Crippen molar-refractivity contribution in [3.05, 3.63) is 47.2 Å². The molecule has 7 nitrogen and oxygen atoms in total. The Kier molecular flexibility index (Phi) is 6.38. The molecule has 0 unspecified atom stereocenters. The van der Waals surface area contributed by atoms with Crippen LogP contribution in [0.1, 0.15) is 12.8 Å². The van der Waals surface area contributed by atoms with Crippen molar-refractivity contribution in [1.29, 1.82) is 0 Å². The lowest BCUT2D eigenvalue weighted by molar-refractivity contribution is -0.116. The van der Waals surface area contributed by atoms with E-state index >= 15 is 0 Å². The summed E-state index contributed by atoms with van der Waals surface area (Å²) in [5.74, 6) is -0.367. The van der Waals surface area contributed by atoms with Gasteiger partial charge in [-0.15, -0.1) is 0 Å². The van der Waals surface area contributed by atoms with Crippen molar-refractivity contribution in [3.63, 3.8) is 0 Å². The number of amides is 1. The standard InChI is InChI=1S/C18H18ClFN2O5S/c19-12-2-4-15(14(20)10-12)22-18(23)6-7-21-28(24,25)13-3-5-16-17(11-13)27-9-1-8-26-16/h2-5,10-11,21H,1,6-9H2,(H,22,23). The van der Waals surface area contributed by atoms with Gasteiger partial charge >= 0.3 is 0 Å². The number of hydrogen-bond acceptors (Lipinski definition) is 5. The number of anilines is 1. The normalized spacial score (nSPS) is 13.6. The SMILES string of the molecule is O=C(CCNS(=O)(=O)c1ccc2c(c1)OCCCO2)Nc1ccc(Cl)cc1F. The molecule has 0 saturated carbocycles. The molecule has 2 N–H and O–H groups in total. The molecular weight excluding hydrogens is 411 g/mol. The van der Waals surface area contributed by atoms with E-state index in [0.717, 1.165) is 6.07 Å². The molecule has 0 fully saturated rings.